The molecule has 3 rings (SSSR count). The van der Waals surface area contributed by atoms with Crippen LogP contribution in [0.25, 0.3) is 5.69 Å². The molecule has 0 bridgehead atoms. The molecule has 1 aliphatic heterocycles. The van der Waals surface area contributed by atoms with Crippen molar-refractivity contribution in [1.82, 2.24) is 20.0 Å². The summed E-state index contributed by atoms with van der Waals surface area (Å²) in [5, 5.41) is 8.92. The maximum atomic E-state index is 12.7. The van der Waals surface area contributed by atoms with E-state index in [0.717, 1.165) is 55.2 Å². The number of nitrogens with one attached hydrogen (secondary N) is 1. The quantitative estimate of drug-likeness (QED) is 0.830. The zero-order chi connectivity index (χ0) is 18.0. The Morgan fingerprint density at radius 2 is 1.96 bits per heavy atom. The Morgan fingerprint density at radius 3 is 2.69 bits per heavy atom. The van der Waals surface area contributed by atoms with E-state index >= 15 is 0 Å². The Kier molecular flexibility index (Phi) is 7.35. The van der Waals surface area contributed by atoms with Crippen LogP contribution in [0.2, 0.25) is 10.0 Å². The second-order valence-corrected chi connectivity index (χ2v) is 7.14. The van der Waals surface area contributed by atoms with Gasteiger partial charge in [0.25, 0.3) is 0 Å². The summed E-state index contributed by atoms with van der Waals surface area (Å²) in [6, 6.07) is 5.42. The average Bonchev–Trinajstić information content (AvgIpc) is 2.79. The zero-order valence-corrected chi connectivity index (χ0v) is 17.2. The molecule has 1 N–H and O–H groups in total. The minimum Gasteiger partial charge on any atom is -0.341 e. The number of aryl methyl sites for hydroxylation is 1. The summed E-state index contributed by atoms with van der Waals surface area (Å²) in [6.45, 7) is 7.31. The van der Waals surface area contributed by atoms with E-state index in [0.29, 0.717) is 16.5 Å². The Morgan fingerprint density at radius 1 is 1.19 bits per heavy atom. The normalized spacial score (nSPS) is 14.7. The molecule has 1 aromatic heterocycles. The molecule has 0 spiro atoms. The molecule has 2 heterocycles. The monoisotopic (exact) mass is 416 g/mol. The maximum absolute atomic E-state index is 12.7. The third-order valence-corrected chi connectivity index (χ3v) is 5.35. The van der Waals surface area contributed by atoms with E-state index in [9.17, 15) is 4.79 Å². The number of halogens is 3. The van der Waals surface area contributed by atoms with Gasteiger partial charge in [-0.2, -0.15) is 5.10 Å². The first kappa shape index (κ1) is 21.0. The molecule has 0 radical (unpaired) electrons. The van der Waals surface area contributed by atoms with Gasteiger partial charge in [0.15, 0.2) is 0 Å². The second kappa shape index (κ2) is 9.09. The lowest BCUT2D eigenvalue weighted by atomic mass is 10.1. The second-order valence-electron chi connectivity index (χ2n) is 6.32. The largest absolute Gasteiger partial charge is 0.341 e. The van der Waals surface area contributed by atoms with Crippen LogP contribution < -0.4 is 5.32 Å². The van der Waals surface area contributed by atoms with Gasteiger partial charge >= 0.3 is 0 Å². The lowest BCUT2D eigenvalue weighted by Gasteiger charge is -2.20. The van der Waals surface area contributed by atoms with Crippen molar-refractivity contribution in [2.45, 2.75) is 26.7 Å². The molecule has 8 heteroatoms. The molecule has 1 aliphatic rings. The van der Waals surface area contributed by atoms with Gasteiger partial charge in [-0.05, 0) is 45.0 Å². The summed E-state index contributed by atoms with van der Waals surface area (Å²) in [5.74, 6) is 0.156. The van der Waals surface area contributed by atoms with E-state index in [-0.39, 0.29) is 18.3 Å². The van der Waals surface area contributed by atoms with Crippen molar-refractivity contribution in [3.8, 4) is 5.69 Å². The van der Waals surface area contributed by atoms with Crippen molar-refractivity contribution in [1.29, 1.82) is 0 Å². The number of carbonyl (C=O) groups is 1. The summed E-state index contributed by atoms with van der Waals surface area (Å²) in [7, 11) is 0. The molecule has 2 aromatic rings. The fraction of sp³-hybridized carbons (Fsp3) is 0.444. The number of nitrogens with zero attached hydrogens (tertiary/aromatic N) is 3. The Labute approximate surface area is 170 Å². The van der Waals surface area contributed by atoms with Crippen LogP contribution in [0.3, 0.4) is 0 Å². The molecule has 1 fully saturated rings. The summed E-state index contributed by atoms with van der Waals surface area (Å²) in [4.78, 5) is 14.6. The average molecular weight is 418 g/mol. The number of hydrogen-bond donors (Lipinski definition) is 1. The van der Waals surface area contributed by atoms with Gasteiger partial charge in [-0.25, -0.2) is 4.68 Å². The lowest BCUT2D eigenvalue weighted by molar-refractivity contribution is -0.130. The van der Waals surface area contributed by atoms with Crippen molar-refractivity contribution in [2.75, 3.05) is 26.2 Å². The van der Waals surface area contributed by atoms with Gasteiger partial charge in [-0.1, -0.05) is 23.2 Å². The van der Waals surface area contributed by atoms with Crippen LogP contribution in [-0.2, 0) is 11.2 Å². The van der Waals surface area contributed by atoms with Crippen molar-refractivity contribution in [2.24, 2.45) is 0 Å². The highest BCUT2D eigenvalue weighted by Crippen LogP contribution is 2.26. The van der Waals surface area contributed by atoms with Crippen LogP contribution >= 0.6 is 35.6 Å². The summed E-state index contributed by atoms with van der Waals surface area (Å²) in [6.07, 6.45) is 1.37. The van der Waals surface area contributed by atoms with Gasteiger partial charge in [-0.3, -0.25) is 4.79 Å². The van der Waals surface area contributed by atoms with Gasteiger partial charge in [0.1, 0.15) is 0 Å². The van der Waals surface area contributed by atoms with Gasteiger partial charge < -0.3 is 10.2 Å². The molecule has 0 atom stereocenters. The van der Waals surface area contributed by atoms with Crippen LogP contribution in [0.1, 0.15) is 23.4 Å². The molecule has 1 saturated heterocycles. The van der Waals surface area contributed by atoms with Gasteiger partial charge in [0, 0.05) is 30.9 Å². The Bertz CT molecular complexity index is 783. The zero-order valence-electron chi connectivity index (χ0n) is 14.9. The summed E-state index contributed by atoms with van der Waals surface area (Å²) in [5.41, 5.74) is 3.64. The highest BCUT2D eigenvalue weighted by molar-refractivity contribution is 6.42. The van der Waals surface area contributed by atoms with Crippen LogP contribution in [0, 0.1) is 13.8 Å². The van der Waals surface area contributed by atoms with Crippen LogP contribution in [0.15, 0.2) is 18.2 Å². The highest BCUT2D eigenvalue weighted by atomic mass is 35.5. The first-order valence-corrected chi connectivity index (χ1v) is 9.22. The van der Waals surface area contributed by atoms with E-state index < -0.39 is 0 Å². The Balaban J connectivity index is 0.00000243. The number of amides is 1. The molecule has 1 aromatic carbocycles. The summed E-state index contributed by atoms with van der Waals surface area (Å²) >= 11 is 12.1. The highest BCUT2D eigenvalue weighted by Gasteiger charge is 2.20. The molecule has 0 saturated carbocycles. The Hall–Kier alpha value is -1.27. The van der Waals surface area contributed by atoms with E-state index in [1.807, 2.05) is 29.5 Å². The third-order valence-electron chi connectivity index (χ3n) is 4.61. The SMILES string of the molecule is Cc1nn(-c2ccc(Cl)c(Cl)c2)c(C)c1CC(=O)N1CCCNCC1.Cl. The molecule has 5 nitrogen and oxygen atoms in total. The van der Waals surface area contributed by atoms with Crippen molar-refractivity contribution < 1.29 is 4.79 Å². The minimum atomic E-state index is 0. The van der Waals surface area contributed by atoms with E-state index in [1.54, 1.807) is 12.1 Å². The standard InChI is InChI=1S/C18H22Cl2N4O.ClH/c1-12-15(11-18(25)23-8-3-6-21-7-9-23)13(2)24(22-12)14-4-5-16(19)17(20)10-14;/h4-5,10,21H,3,6-9,11H2,1-2H3;1H. The predicted octanol–water partition coefficient (Wildman–Crippen LogP) is 3.58. The molecule has 0 unspecified atom stereocenters. The molecular formula is C18H23Cl3N4O. The van der Waals surface area contributed by atoms with Crippen molar-refractivity contribution in [3.63, 3.8) is 0 Å². The summed E-state index contributed by atoms with van der Waals surface area (Å²) < 4.78 is 1.82. The lowest BCUT2D eigenvalue weighted by Crippen LogP contribution is -2.35. The van der Waals surface area contributed by atoms with Crippen molar-refractivity contribution in [3.05, 3.63) is 45.2 Å². The smallest absolute Gasteiger partial charge is 0.227 e. The van der Waals surface area contributed by atoms with Gasteiger partial charge in [0.05, 0.1) is 27.8 Å². The number of carbonyl (C=O) groups excluding carboxylic acids is 1. The molecule has 0 aliphatic carbocycles. The van der Waals surface area contributed by atoms with Crippen molar-refractivity contribution >= 4 is 41.5 Å². The maximum Gasteiger partial charge on any atom is 0.227 e. The topological polar surface area (TPSA) is 50.2 Å². The van der Waals surface area contributed by atoms with Crippen LogP contribution in [0.4, 0.5) is 0 Å². The van der Waals surface area contributed by atoms with E-state index in [4.69, 9.17) is 23.2 Å². The molecule has 1 amide bonds. The van der Waals surface area contributed by atoms with Crippen LogP contribution in [0.5, 0.6) is 0 Å². The van der Waals surface area contributed by atoms with Crippen LogP contribution in [-0.4, -0.2) is 46.8 Å². The van der Waals surface area contributed by atoms with Gasteiger partial charge in [-0.15, -0.1) is 12.4 Å². The predicted molar refractivity (Wildman–Crippen MR) is 108 cm³/mol. The molecule has 26 heavy (non-hydrogen) atoms. The number of hydrogen-bond acceptors (Lipinski definition) is 3. The first-order valence-electron chi connectivity index (χ1n) is 8.46. The minimum absolute atomic E-state index is 0. The van der Waals surface area contributed by atoms with Gasteiger partial charge in [0.2, 0.25) is 5.91 Å². The fourth-order valence-electron chi connectivity index (χ4n) is 3.16. The van der Waals surface area contributed by atoms with E-state index in [1.165, 1.54) is 0 Å². The first-order chi connectivity index (χ1) is 12.0. The molecule has 142 valence electrons. The third kappa shape index (κ3) is 4.52. The number of aromatic nitrogens is 2. The number of rotatable bonds is 3. The number of benzene rings is 1. The fourth-order valence-corrected chi connectivity index (χ4v) is 3.45. The van der Waals surface area contributed by atoms with E-state index in [2.05, 4.69) is 10.4 Å². The molecular weight excluding hydrogens is 395 g/mol.